The average molecular weight is 463 g/mol. The lowest BCUT2D eigenvalue weighted by Gasteiger charge is -2.11. The summed E-state index contributed by atoms with van der Waals surface area (Å²) in [4.78, 5) is 1.70. The molecule has 1 aliphatic rings. The zero-order chi connectivity index (χ0) is 20.4. The topological polar surface area (TPSA) is 36.9 Å². The second-order valence-electron chi connectivity index (χ2n) is 5.72. The van der Waals surface area contributed by atoms with Crippen LogP contribution in [0, 0.1) is 0 Å². The summed E-state index contributed by atoms with van der Waals surface area (Å²) in [6.45, 7) is 1.44. The van der Waals surface area contributed by atoms with E-state index in [4.69, 9.17) is 42.1 Å². The van der Waals surface area contributed by atoms with E-state index in [2.05, 4.69) is 12.6 Å². The molecule has 1 heterocycles. The summed E-state index contributed by atoms with van der Waals surface area (Å²) in [5.41, 5.74) is 0. The van der Waals surface area contributed by atoms with Gasteiger partial charge in [0.1, 0.15) is 11.5 Å². The van der Waals surface area contributed by atoms with Crippen LogP contribution in [0.5, 0.6) is 11.5 Å². The fourth-order valence-electron chi connectivity index (χ4n) is 2.45. The molecule has 0 radical (unpaired) electrons. The molecule has 2 aromatic carbocycles. The molecule has 28 heavy (non-hydrogen) atoms. The van der Waals surface area contributed by atoms with Gasteiger partial charge >= 0.3 is 0 Å². The molecule has 3 rings (SSSR count). The zero-order valence-corrected chi connectivity index (χ0v) is 19.0. The fraction of sp³-hybridized carbons (Fsp3) is 0.400. The van der Waals surface area contributed by atoms with E-state index in [0.29, 0.717) is 15.7 Å². The molecule has 0 aromatic heterocycles. The van der Waals surface area contributed by atoms with Crippen LogP contribution in [-0.4, -0.2) is 39.5 Å². The SMILES string of the molecule is COc1cccc(Cl)c1S.COc1cccc(Cl)c1SCCCC1OCCO1. The van der Waals surface area contributed by atoms with Crippen molar-refractivity contribution >= 4 is 47.6 Å². The Bertz CT molecular complexity index is 740. The van der Waals surface area contributed by atoms with Crippen molar-refractivity contribution in [1.29, 1.82) is 0 Å². The van der Waals surface area contributed by atoms with E-state index in [1.54, 1.807) is 32.0 Å². The van der Waals surface area contributed by atoms with Crippen molar-refractivity contribution in [2.75, 3.05) is 33.2 Å². The smallest absolute Gasteiger partial charge is 0.157 e. The minimum Gasteiger partial charge on any atom is -0.496 e. The second kappa shape index (κ2) is 12.7. The Kier molecular flexibility index (Phi) is 10.7. The Morgan fingerprint density at radius 2 is 1.61 bits per heavy atom. The van der Waals surface area contributed by atoms with E-state index < -0.39 is 0 Å². The van der Waals surface area contributed by atoms with Crippen molar-refractivity contribution in [2.24, 2.45) is 0 Å². The van der Waals surface area contributed by atoms with Crippen molar-refractivity contribution in [3.05, 3.63) is 46.4 Å². The maximum Gasteiger partial charge on any atom is 0.157 e. The Labute approximate surface area is 186 Å². The van der Waals surface area contributed by atoms with Crippen LogP contribution in [0.4, 0.5) is 0 Å². The van der Waals surface area contributed by atoms with Crippen LogP contribution in [0.2, 0.25) is 10.0 Å². The number of thiol groups is 1. The maximum atomic E-state index is 6.16. The molecular weight excluding hydrogens is 439 g/mol. The highest BCUT2D eigenvalue weighted by Gasteiger charge is 2.15. The Hall–Kier alpha value is -0.760. The number of thioether (sulfide) groups is 1. The van der Waals surface area contributed by atoms with Crippen molar-refractivity contribution in [1.82, 2.24) is 0 Å². The highest BCUT2D eigenvalue weighted by Crippen LogP contribution is 2.36. The van der Waals surface area contributed by atoms with Crippen LogP contribution in [0.3, 0.4) is 0 Å². The summed E-state index contributed by atoms with van der Waals surface area (Å²) in [5, 5.41) is 1.36. The lowest BCUT2D eigenvalue weighted by Crippen LogP contribution is -2.07. The van der Waals surface area contributed by atoms with Gasteiger partial charge in [-0.1, -0.05) is 35.3 Å². The first-order chi connectivity index (χ1) is 13.6. The Balaban J connectivity index is 0.000000237. The number of methoxy groups -OCH3 is 2. The van der Waals surface area contributed by atoms with E-state index in [1.165, 1.54) is 0 Å². The molecule has 0 aliphatic carbocycles. The lowest BCUT2D eigenvalue weighted by molar-refractivity contribution is -0.0466. The fourth-order valence-corrected chi connectivity index (χ4v) is 4.20. The summed E-state index contributed by atoms with van der Waals surface area (Å²) < 4.78 is 21.1. The molecule has 0 bridgehead atoms. The van der Waals surface area contributed by atoms with Gasteiger partial charge in [-0.05, 0) is 42.9 Å². The van der Waals surface area contributed by atoms with Gasteiger partial charge in [0.05, 0.1) is 47.3 Å². The molecule has 4 nitrogen and oxygen atoms in total. The quantitative estimate of drug-likeness (QED) is 0.299. The van der Waals surface area contributed by atoms with Gasteiger partial charge in [-0.15, -0.1) is 24.4 Å². The molecule has 1 saturated heterocycles. The van der Waals surface area contributed by atoms with Crippen molar-refractivity contribution in [3.63, 3.8) is 0 Å². The number of ether oxygens (including phenoxy) is 4. The number of benzene rings is 2. The molecule has 0 N–H and O–H groups in total. The average Bonchev–Trinajstić information content (AvgIpc) is 3.22. The van der Waals surface area contributed by atoms with Crippen LogP contribution in [-0.2, 0) is 9.47 Å². The highest BCUT2D eigenvalue weighted by molar-refractivity contribution is 7.99. The minimum absolute atomic E-state index is 0.0151. The molecule has 0 atom stereocenters. The summed E-state index contributed by atoms with van der Waals surface area (Å²) >= 11 is 17.7. The van der Waals surface area contributed by atoms with E-state index >= 15 is 0 Å². The molecule has 8 heteroatoms. The van der Waals surface area contributed by atoms with E-state index in [0.717, 1.165) is 47.5 Å². The van der Waals surface area contributed by atoms with Crippen LogP contribution in [0.25, 0.3) is 0 Å². The molecule has 1 aliphatic heterocycles. The van der Waals surface area contributed by atoms with Gasteiger partial charge in [-0.3, -0.25) is 0 Å². The Morgan fingerprint density at radius 3 is 2.21 bits per heavy atom. The van der Waals surface area contributed by atoms with Crippen LogP contribution < -0.4 is 9.47 Å². The summed E-state index contributed by atoms with van der Waals surface area (Å²) in [7, 11) is 3.25. The lowest BCUT2D eigenvalue weighted by atomic mass is 10.3. The van der Waals surface area contributed by atoms with Crippen LogP contribution in [0.15, 0.2) is 46.2 Å². The monoisotopic (exact) mass is 462 g/mol. The van der Waals surface area contributed by atoms with E-state index in [1.807, 2.05) is 30.3 Å². The predicted octanol–water partition coefficient (Wildman–Crippen LogP) is 6.23. The minimum atomic E-state index is -0.0151. The third-order valence-corrected chi connectivity index (χ3v) is 6.38. The molecule has 2 aromatic rings. The van der Waals surface area contributed by atoms with Gasteiger partial charge < -0.3 is 18.9 Å². The molecule has 1 fully saturated rings. The summed E-state index contributed by atoms with van der Waals surface area (Å²) in [5.74, 6) is 2.51. The van der Waals surface area contributed by atoms with Gasteiger partial charge in [-0.25, -0.2) is 0 Å². The number of hydrogen-bond donors (Lipinski definition) is 1. The first-order valence-electron chi connectivity index (χ1n) is 8.76. The molecule has 0 saturated carbocycles. The normalized spacial score (nSPS) is 13.8. The van der Waals surface area contributed by atoms with Crippen molar-refractivity contribution in [2.45, 2.75) is 28.9 Å². The third-order valence-electron chi connectivity index (χ3n) is 3.84. The summed E-state index contributed by atoms with van der Waals surface area (Å²) in [6.07, 6.45) is 1.95. The molecule has 0 spiro atoms. The molecule has 0 amide bonds. The first-order valence-corrected chi connectivity index (χ1v) is 11.0. The highest BCUT2D eigenvalue weighted by atomic mass is 35.5. The first kappa shape index (κ1) is 23.5. The van der Waals surface area contributed by atoms with Gasteiger partial charge in [-0.2, -0.15) is 0 Å². The predicted molar refractivity (Wildman–Crippen MR) is 119 cm³/mol. The molecule has 154 valence electrons. The third kappa shape index (κ3) is 7.25. The number of rotatable bonds is 7. The summed E-state index contributed by atoms with van der Waals surface area (Å²) in [6, 6.07) is 11.1. The Morgan fingerprint density at radius 1 is 1.00 bits per heavy atom. The van der Waals surface area contributed by atoms with Gasteiger partial charge in [0, 0.05) is 0 Å². The largest absolute Gasteiger partial charge is 0.496 e. The second-order valence-corrected chi connectivity index (χ2v) is 8.09. The van der Waals surface area contributed by atoms with Crippen LogP contribution in [0.1, 0.15) is 12.8 Å². The van der Waals surface area contributed by atoms with Crippen molar-refractivity contribution in [3.8, 4) is 11.5 Å². The van der Waals surface area contributed by atoms with E-state index in [9.17, 15) is 0 Å². The van der Waals surface area contributed by atoms with Crippen molar-refractivity contribution < 1.29 is 18.9 Å². The van der Waals surface area contributed by atoms with Gasteiger partial charge in [0.25, 0.3) is 0 Å². The van der Waals surface area contributed by atoms with Crippen LogP contribution >= 0.6 is 47.6 Å². The van der Waals surface area contributed by atoms with E-state index in [-0.39, 0.29) is 6.29 Å². The van der Waals surface area contributed by atoms with Gasteiger partial charge in [0.2, 0.25) is 0 Å². The van der Waals surface area contributed by atoms with Gasteiger partial charge in [0.15, 0.2) is 6.29 Å². The maximum absolute atomic E-state index is 6.16. The molecule has 0 unspecified atom stereocenters. The number of halogens is 2. The number of hydrogen-bond acceptors (Lipinski definition) is 6. The molecular formula is C20H24Cl2O4S2. The standard InChI is InChI=1S/C13H17ClO3S.C7H7ClOS/c1-15-11-5-2-4-10(14)13(11)18-9-3-6-12-16-7-8-17-12;1-9-6-4-2-3-5(8)7(6)10/h2,4-5,12H,3,6-9H2,1H3;2-4,10H,1H3. The zero-order valence-electron chi connectivity index (χ0n) is 15.8.